The van der Waals surface area contributed by atoms with Crippen molar-refractivity contribution in [1.82, 2.24) is 4.57 Å². The van der Waals surface area contributed by atoms with Gasteiger partial charge in [-0.25, -0.2) is 4.39 Å². The number of hydrogen-bond acceptors (Lipinski definition) is 2. The first-order valence-corrected chi connectivity index (χ1v) is 6.79. The van der Waals surface area contributed by atoms with Gasteiger partial charge in [-0.2, -0.15) is 0 Å². The van der Waals surface area contributed by atoms with E-state index in [1.807, 2.05) is 38.5 Å². The topological polar surface area (TPSA) is 51.2 Å². The van der Waals surface area contributed by atoms with Crippen LogP contribution in [0.3, 0.4) is 0 Å². The summed E-state index contributed by atoms with van der Waals surface area (Å²) in [5, 5.41) is 9.88. The number of aliphatic hydroxyl groups excluding tert-OH is 1. The summed E-state index contributed by atoms with van der Waals surface area (Å²) in [6.07, 6.45) is 0.374. The molecule has 1 heterocycles. The maximum Gasteiger partial charge on any atom is 0.132 e. The van der Waals surface area contributed by atoms with Gasteiger partial charge in [-0.15, -0.1) is 0 Å². The Hall–Kier alpha value is -1.81. The molecular weight excluding hydrogens is 255 g/mol. The van der Waals surface area contributed by atoms with Crippen LogP contribution >= 0.6 is 0 Å². The van der Waals surface area contributed by atoms with Crippen molar-refractivity contribution in [3.05, 3.63) is 47.6 Å². The molecule has 110 valence electrons. The molecule has 3 N–H and O–H groups in total. The molecule has 20 heavy (non-hydrogen) atoms. The molecule has 1 aromatic carbocycles. The van der Waals surface area contributed by atoms with Crippen LogP contribution in [0.1, 0.15) is 25.1 Å². The Morgan fingerprint density at radius 2 is 2.05 bits per heavy atom. The number of aromatic nitrogens is 1. The van der Waals surface area contributed by atoms with E-state index >= 15 is 0 Å². The summed E-state index contributed by atoms with van der Waals surface area (Å²) in [5.74, 6) is -0.343. The summed E-state index contributed by atoms with van der Waals surface area (Å²) < 4.78 is 15.9. The lowest BCUT2D eigenvalue weighted by Crippen LogP contribution is -2.25. The van der Waals surface area contributed by atoms with Gasteiger partial charge >= 0.3 is 0 Å². The number of aryl methyl sites for hydroxylation is 1. The highest BCUT2D eigenvalue weighted by Crippen LogP contribution is 2.28. The molecule has 0 radical (unpaired) electrons. The third-order valence-corrected chi connectivity index (χ3v) is 3.45. The van der Waals surface area contributed by atoms with Gasteiger partial charge < -0.3 is 15.4 Å². The van der Waals surface area contributed by atoms with Crippen LogP contribution in [0, 0.1) is 12.7 Å². The Kier molecular flexibility index (Phi) is 5.34. The van der Waals surface area contributed by atoms with Crippen molar-refractivity contribution in [1.29, 1.82) is 0 Å². The Morgan fingerprint density at radius 1 is 1.45 bits per heavy atom. The standard InChI is InChI=1S/C14H17FN2O.C2H6/c1-8-10(7-12(16)9(2)18)14-11(15)5-4-6-13(14)17(8)3;1-2/h4-6,12,18H,2,7,16H2,1,3H3;1-2H3. The first-order chi connectivity index (χ1) is 9.43. The minimum atomic E-state index is -0.575. The van der Waals surface area contributed by atoms with Gasteiger partial charge in [-0.05, 0) is 31.0 Å². The van der Waals surface area contributed by atoms with Crippen molar-refractivity contribution in [3.63, 3.8) is 0 Å². The van der Waals surface area contributed by atoms with E-state index in [2.05, 4.69) is 6.58 Å². The highest BCUT2D eigenvalue weighted by atomic mass is 19.1. The van der Waals surface area contributed by atoms with Gasteiger partial charge in [0.2, 0.25) is 0 Å². The van der Waals surface area contributed by atoms with Gasteiger partial charge in [0.05, 0.1) is 11.6 Å². The zero-order valence-electron chi connectivity index (χ0n) is 12.6. The fourth-order valence-corrected chi connectivity index (χ4v) is 2.24. The van der Waals surface area contributed by atoms with Crippen molar-refractivity contribution in [2.75, 3.05) is 0 Å². The molecule has 4 heteroatoms. The summed E-state index contributed by atoms with van der Waals surface area (Å²) in [7, 11) is 1.89. The lowest BCUT2D eigenvalue weighted by atomic mass is 10.0. The van der Waals surface area contributed by atoms with Gasteiger partial charge in [0.25, 0.3) is 0 Å². The van der Waals surface area contributed by atoms with Crippen LogP contribution in [0.15, 0.2) is 30.5 Å². The number of rotatable bonds is 3. The second-order valence-electron chi connectivity index (χ2n) is 4.56. The normalized spacial score (nSPS) is 11.9. The van der Waals surface area contributed by atoms with E-state index in [1.165, 1.54) is 6.07 Å². The van der Waals surface area contributed by atoms with Crippen molar-refractivity contribution in [2.24, 2.45) is 12.8 Å². The van der Waals surface area contributed by atoms with Gasteiger partial charge in [0.1, 0.15) is 11.6 Å². The molecule has 0 saturated heterocycles. The molecule has 1 unspecified atom stereocenters. The summed E-state index contributed by atoms with van der Waals surface area (Å²) in [6.45, 7) is 9.34. The van der Waals surface area contributed by atoms with Crippen LogP contribution in [0.5, 0.6) is 0 Å². The van der Waals surface area contributed by atoms with E-state index < -0.39 is 6.04 Å². The van der Waals surface area contributed by atoms with Gasteiger partial charge in [0.15, 0.2) is 0 Å². The van der Waals surface area contributed by atoms with Crippen LogP contribution in [0.4, 0.5) is 4.39 Å². The Balaban J connectivity index is 0.000000956. The minimum absolute atomic E-state index is 0.0808. The fourth-order valence-electron chi connectivity index (χ4n) is 2.24. The molecule has 0 fully saturated rings. The molecule has 0 saturated carbocycles. The van der Waals surface area contributed by atoms with Crippen LogP contribution in [-0.2, 0) is 13.5 Å². The smallest absolute Gasteiger partial charge is 0.132 e. The average molecular weight is 278 g/mol. The van der Waals surface area contributed by atoms with E-state index in [0.717, 1.165) is 16.8 Å². The van der Waals surface area contributed by atoms with E-state index in [-0.39, 0.29) is 11.6 Å². The molecular formula is C16H23FN2O. The number of benzene rings is 1. The maximum absolute atomic E-state index is 14.0. The van der Waals surface area contributed by atoms with Crippen molar-refractivity contribution >= 4 is 10.9 Å². The average Bonchev–Trinajstić information content (AvgIpc) is 2.67. The third kappa shape index (κ3) is 2.85. The minimum Gasteiger partial charge on any atom is -0.511 e. The highest BCUT2D eigenvalue weighted by Gasteiger charge is 2.18. The summed E-state index contributed by atoms with van der Waals surface area (Å²) in [6, 6.07) is 4.42. The zero-order valence-corrected chi connectivity index (χ0v) is 12.6. The van der Waals surface area contributed by atoms with Crippen LogP contribution in [-0.4, -0.2) is 15.7 Å². The summed E-state index contributed by atoms with van der Waals surface area (Å²) in [4.78, 5) is 0. The maximum atomic E-state index is 14.0. The number of nitrogens with zero attached hydrogens (tertiary/aromatic N) is 1. The third-order valence-electron chi connectivity index (χ3n) is 3.45. The predicted octanol–water partition coefficient (Wildman–Crippen LogP) is 3.59. The van der Waals surface area contributed by atoms with Gasteiger partial charge in [-0.3, -0.25) is 0 Å². The molecule has 0 aliphatic rings. The molecule has 2 rings (SSSR count). The number of nitrogens with two attached hydrogens (primary N) is 1. The van der Waals surface area contributed by atoms with E-state index in [9.17, 15) is 9.50 Å². The van der Waals surface area contributed by atoms with Crippen molar-refractivity contribution < 1.29 is 9.50 Å². The Morgan fingerprint density at radius 3 is 2.60 bits per heavy atom. The van der Waals surface area contributed by atoms with Crippen molar-refractivity contribution in [3.8, 4) is 0 Å². The second kappa shape index (κ2) is 6.57. The molecule has 3 nitrogen and oxygen atoms in total. The van der Waals surface area contributed by atoms with Gasteiger partial charge in [-0.1, -0.05) is 26.5 Å². The number of hydrogen-bond donors (Lipinski definition) is 2. The lowest BCUT2D eigenvalue weighted by Gasteiger charge is -2.10. The number of aliphatic hydroxyl groups is 1. The fraction of sp³-hybridized carbons (Fsp3) is 0.375. The molecule has 0 spiro atoms. The molecule has 0 aliphatic heterocycles. The zero-order chi connectivity index (χ0) is 15.4. The van der Waals surface area contributed by atoms with Crippen LogP contribution in [0.2, 0.25) is 0 Å². The summed E-state index contributed by atoms with van der Waals surface area (Å²) >= 11 is 0. The van der Waals surface area contributed by atoms with Crippen LogP contribution in [0.25, 0.3) is 10.9 Å². The monoisotopic (exact) mass is 278 g/mol. The molecule has 0 amide bonds. The van der Waals surface area contributed by atoms with Gasteiger partial charge in [0, 0.05) is 18.1 Å². The quantitative estimate of drug-likeness (QED) is 0.843. The number of fused-ring (bicyclic) bond motifs is 1. The Bertz CT molecular complexity index is 616. The first kappa shape index (κ1) is 16.2. The molecule has 2 aromatic rings. The SMILES string of the molecule is C=C(O)C(N)Cc1c(C)n(C)c2cccc(F)c12.CC. The number of halogens is 1. The largest absolute Gasteiger partial charge is 0.511 e. The van der Waals surface area contributed by atoms with E-state index in [0.29, 0.717) is 11.8 Å². The second-order valence-corrected chi connectivity index (χ2v) is 4.56. The van der Waals surface area contributed by atoms with E-state index in [4.69, 9.17) is 5.73 Å². The molecule has 1 atom stereocenters. The van der Waals surface area contributed by atoms with Crippen molar-refractivity contribution in [2.45, 2.75) is 33.2 Å². The predicted molar refractivity (Wildman–Crippen MR) is 82.4 cm³/mol. The summed E-state index contributed by atoms with van der Waals surface area (Å²) in [5.41, 5.74) is 8.40. The molecule has 1 aromatic heterocycles. The molecule has 0 aliphatic carbocycles. The lowest BCUT2D eigenvalue weighted by molar-refractivity contribution is 0.368. The Labute approximate surface area is 119 Å². The van der Waals surface area contributed by atoms with Crippen LogP contribution < -0.4 is 5.73 Å². The first-order valence-electron chi connectivity index (χ1n) is 6.79. The molecule has 0 bridgehead atoms. The van der Waals surface area contributed by atoms with E-state index in [1.54, 1.807) is 6.07 Å². The highest BCUT2D eigenvalue weighted by molar-refractivity contribution is 5.86.